The molecule has 112 valence electrons. The van der Waals surface area contributed by atoms with Crippen LogP contribution in [0.1, 0.15) is 25.0 Å². The van der Waals surface area contributed by atoms with Gasteiger partial charge in [0.25, 0.3) is 0 Å². The minimum absolute atomic E-state index is 0.454. The fourth-order valence-electron chi connectivity index (χ4n) is 1.86. The molecule has 21 heavy (non-hydrogen) atoms. The molecule has 0 aliphatic carbocycles. The Morgan fingerprint density at radius 3 is 2.62 bits per heavy atom. The Morgan fingerprint density at radius 1 is 1.19 bits per heavy atom. The van der Waals surface area contributed by atoms with E-state index >= 15 is 0 Å². The number of ether oxygens (including phenoxy) is 1. The Balaban J connectivity index is 1.99. The highest BCUT2D eigenvalue weighted by atomic mass is 79.9. The lowest BCUT2D eigenvalue weighted by molar-refractivity contribution is 0.305. The summed E-state index contributed by atoms with van der Waals surface area (Å²) in [6.07, 6.45) is 0. The molecule has 0 radical (unpaired) electrons. The summed E-state index contributed by atoms with van der Waals surface area (Å²) in [6.45, 7) is 5.54. The molecule has 0 saturated heterocycles. The van der Waals surface area contributed by atoms with Gasteiger partial charge in [0.2, 0.25) is 0 Å². The Bertz CT molecular complexity index is 601. The average molecular weight is 369 g/mol. The summed E-state index contributed by atoms with van der Waals surface area (Å²) in [5, 5.41) is 4.01. The highest BCUT2D eigenvalue weighted by Gasteiger charge is 2.05. The Labute approximate surface area is 139 Å². The summed E-state index contributed by atoms with van der Waals surface area (Å²) in [5.74, 6) is 0.709. The van der Waals surface area contributed by atoms with Crippen molar-refractivity contribution < 1.29 is 4.74 Å². The Kier molecular flexibility index (Phi) is 6.09. The SMILES string of the molecule is CC(C)NCc1ccc(OCc2ccccc2Br)c(Cl)c1. The first-order chi connectivity index (χ1) is 10.1. The maximum atomic E-state index is 6.29. The fourth-order valence-corrected chi connectivity index (χ4v) is 2.52. The molecule has 0 saturated carbocycles. The first-order valence-electron chi connectivity index (χ1n) is 6.94. The van der Waals surface area contributed by atoms with E-state index in [0.29, 0.717) is 23.4 Å². The third-order valence-corrected chi connectivity index (χ3v) is 4.12. The Morgan fingerprint density at radius 2 is 1.95 bits per heavy atom. The van der Waals surface area contributed by atoms with E-state index in [9.17, 15) is 0 Å². The van der Waals surface area contributed by atoms with Crippen molar-refractivity contribution in [1.29, 1.82) is 0 Å². The van der Waals surface area contributed by atoms with Gasteiger partial charge in [0.15, 0.2) is 0 Å². The van der Waals surface area contributed by atoms with Crippen molar-refractivity contribution >= 4 is 27.5 Å². The first-order valence-corrected chi connectivity index (χ1v) is 8.11. The average Bonchev–Trinajstić information content (AvgIpc) is 2.45. The largest absolute Gasteiger partial charge is 0.487 e. The van der Waals surface area contributed by atoms with Gasteiger partial charge in [0.05, 0.1) is 5.02 Å². The standard InChI is InChI=1S/C17H19BrClNO/c1-12(2)20-10-13-7-8-17(16(19)9-13)21-11-14-5-3-4-6-15(14)18/h3-9,12,20H,10-11H2,1-2H3. The molecular formula is C17H19BrClNO. The van der Waals surface area contributed by atoms with E-state index in [1.54, 1.807) is 0 Å². The van der Waals surface area contributed by atoms with Crippen LogP contribution in [-0.4, -0.2) is 6.04 Å². The van der Waals surface area contributed by atoms with E-state index in [2.05, 4.69) is 35.1 Å². The van der Waals surface area contributed by atoms with Crippen LogP contribution in [0.2, 0.25) is 5.02 Å². The van der Waals surface area contributed by atoms with Crippen LogP contribution in [0.15, 0.2) is 46.9 Å². The number of benzene rings is 2. The molecule has 0 heterocycles. The van der Waals surface area contributed by atoms with E-state index in [0.717, 1.165) is 22.1 Å². The highest BCUT2D eigenvalue weighted by molar-refractivity contribution is 9.10. The number of nitrogens with one attached hydrogen (secondary N) is 1. The number of halogens is 2. The lowest BCUT2D eigenvalue weighted by Crippen LogP contribution is -2.21. The second-order valence-corrected chi connectivity index (χ2v) is 6.44. The Hall–Kier alpha value is -1.03. The second kappa shape index (κ2) is 7.83. The van der Waals surface area contributed by atoms with Crippen LogP contribution in [-0.2, 0) is 13.2 Å². The minimum atomic E-state index is 0.454. The highest BCUT2D eigenvalue weighted by Crippen LogP contribution is 2.27. The van der Waals surface area contributed by atoms with Gasteiger partial charge in [-0.2, -0.15) is 0 Å². The third-order valence-electron chi connectivity index (χ3n) is 3.05. The van der Waals surface area contributed by atoms with E-state index in [1.807, 2.05) is 42.5 Å². The van der Waals surface area contributed by atoms with Crippen LogP contribution in [0.5, 0.6) is 5.75 Å². The van der Waals surface area contributed by atoms with Crippen molar-refractivity contribution in [3.63, 3.8) is 0 Å². The van der Waals surface area contributed by atoms with Crippen molar-refractivity contribution in [2.45, 2.75) is 33.0 Å². The zero-order chi connectivity index (χ0) is 15.2. The van der Waals surface area contributed by atoms with Gasteiger partial charge in [0.1, 0.15) is 12.4 Å². The molecule has 2 aromatic rings. The van der Waals surface area contributed by atoms with Crippen molar-refractivity contribution in [3.05, 3.63) is 63.1 Å². The first kappa shape index (κ1) is 16.3. The maximum absolute atomic E-state index is 6.29. The van der Waals surface area contributed by atoms with Gasteiger partial charge in [-0.15, -0.1) is 0 Å². The summed E-state index contributed by atoms with van der Waals surface area (Å²) in [7, 11) is 0. The van der Waals surface area contributed by atoms with Crippen molar-refractivity contribution in [3.8, 4) is 5.75 Å². The van der Waals surface area contributed by atoms with Gasteiger partial charge in [-0.1, -0.05) is 65.6 Å². The molecule has 1 N–H and O–H groups in total. The van der Waals surface area contributed by atoms with Crippen LogP contribution in [0.25, 0.3) is 0 Å². The van der Waals surface area contributed by atoms with E-state index in [1.165, 1.54) is 0 Å². The molecule has 0 spiro atoms. The smallest absolute Gasteiger partial charge is 0.138 e. The predicted molar refractivity (Wildman–Crippen MR) is 91.9 cm³/mol. The molecule has 0 aliphatic heterocycles. The quantitative estimate of drug-likeness (QED) is 0.758. The van der Waals surface area contributed by atoms with Crippen LogP contribution < -0.4 is 10.1 Å². The third kappa shape index (κ3) is 5.03. The van der Waals surface area contributed by atoms with Crippen LogP contribution in [0, 0.1) is 0 Å². The van der Waals surface area contributed by atoms with Crippen molar-refractivity contribution in [2.24, 2.45) is 0 Å². The topological polar surface area (TPSA) is 21.3 Å². The van der Waals surface area contributed by atoms with Crippen LogP contribution in [0.4, 0.5) is 0 Å². The molecule has 2 nitrogen and oxygen atoms in total. The molecule has 0 amide bonds. The summed E-state index contributed by atoms with van der Waals surface area (Å²) in [6, 6.07) is 14.4. The van der Waals surface area contributed by atoms with E-state index in [-0.39, 0.29) is 0 Å². The van der Waals surface area contributed by atoms with Gasteiger partial charge in [-0.05, 0) is 23.8 Å². The maximum Gasteiger partial charge on any atom is 0.138 e. The molecule has 0 aromatic heterocycles. The monoisotopic (exact) mass is 367 g/mol. The summed E-state index contributed by atoms with van der Waals surface area (Å²) >= 11 is 9.80. The minimum Gasteiger partial charge on any atom is -0.487 e. The molecule has 0 atom stereocenters. The molecule has 2 rings (SSSR count). The molecule has 0 unspecified atom stereocenters. The lowest BCUT2D eigenvalue weighted by Gasteiger charge is -2.12. The zero-order valence-corrected chi connectivity index (χ0v) is 14.5. The predicted octanol–water partition coefficient (Wildman–Crippen LogP) is 5.18. The fraction of sp³-hybridized carbons (Fsp3) is 0.294. The van der Waals surface area contributed by atoms with Gasteiger partial charge in [-0.25, -0.2) is 0 Å². The van der Waals surface area contributed by atoms with Gasteiger partial charge in [-0.3, -0.25) is 0 Å². The number of rotatable bonds is 6. The zero-order valence-electron chi connectivity index (χ0n) is 12.2. The summed E-state index contributed by atoms with van der Waals surface area (Å²) < 4.78 is 6.84. The van der Waals surface area contributed by atoms with Gasteiger partial charge in [0, 0.05) is 22.6 Å². The molecule has 4 heteroatoms. The number of hydrogen-bond donors (Lipinski definition) is 1. The lowest BCUT2D eigenvalue weighted by atomic mass is 10.2. The normalized spacial score (nSPS) is 10.9. The summed E-state index contributed by atoms with van der Waals surface area (Å²) in [5.41, 5.74) is 2.25. The molecule has 0 bridgehead atoms. The number of hydrogen-bond acceptors (Lipinski definition) is 2. The van der Waals surface area contributed by atoms with E-state index in [4.69, 9.17) is 16.3 Å². The molecule has 0 fully saturated rings. The van der Waals surface area contributed by atoms with E-state index < -0.39 is 0 Å². The molecule has 2 aromatic carbocycles. The van der Waals surface area contributed by atoms with Crippen LogP contribution >= 0.6 is 27.5 Å². The molecular weight excluding hydrogens is 350 g/mol. The molecule has 0 aliphatic rings. The van der Waals surface area contributed by atoms with Gasteiger partial charge >= 0.3 is 0 Å². The van der Waals surface area contributed by atoms with Crippen molar-refractivity contribution in [2.75, 3.05) is 0 Å². The van der Waals surface area contributed by atoms with Crippen molar-refractivity contribution in [1.82, 2.24) is 5.32 Å². The van der Waals surface area contributed by atoms with Crippen LogP contribution in [0.3, 0.4) is 0 Å². The van der Waals surface area contributed by atoms with Gasteiger partial charge < -0.3 is 10.1 Å². The second-order valence-electron chi connectivity index (χ2n) is 5.18. The summed E-state index contributed by atoms with van der Waals surface area (Å²) in [4.78, 5) is 0.